The van der Waals surface area contributed by atoms with Gasteiger partial charge in [-0.2, -0.15) is 0 Å². The molecule has 2 saturated heterocycles. The summed E-state index contributed by atoms with van der Waals surface area (Å²) >= 11 is 0. The van der Waals surface area contributed by atoms with Gasteiger partial charge in [0.15, 0.2) is 6.23 Å². The molecule has 3 aliphatic rings. The molecular weight excluding hydrogens is 317 g/mol. The lowest BCUT2D eigenvalue weighted by Gasteiger charge is -2.19. The zero-order valence-corrected chi connectivity index (χ0v) is 13.1. The number of carboxylic acid groups (broad SMARTS) is 1. The van der Waals surface area contributed by atoms with Gasteiger partial charge in [0.05, 0.1) is 12.2 Å². The number of hydrogen-bond donors (Lipinski definition) is 2. The summed E-state index contributed by atoms with van der Waals surface area (Å²) in [4.78, 5) is 25.1. The van der Waals surface area contributed by atoms with Crippen molar-refractivity contribution in [3.8, 4) is 0 Å². The molecule has 2 N–H and O–H groups in total. The monoisotopic (exact) mass is 335 g/mol. The summed E-state index contributed by atoms with van der Waals surface area (Å²) in [5, 5.41) is 12.2. The third-order valence-electron chi connectivity index (χ3n) is 5.28. The predicted molar refractivity (Wildman–Crippen MR) is 82.4 cm³/mol. The molecule has 1 aromatic carbocycles. The first-order chi connectivity index (χ1) is 11.5. The summed E-state index contributed by atoms with van der Waals surface area (Å²) in [6.07, 6.45) is -2.76. The SMILES string of the molecule is CN(C(=O)O)[C@@H]1CN(c2ccc(C3[C@H]4CNC[C@@H]34)c(F)c2)C(=O)O1. The summed E-state index contributed by atoms with van der Waals surface area (Å²) in [5.74, 6) is 0.956. The van der Waals surface area contributed by atoms with Crippen molar-refractivity contribution in [2.24, 2.45) is 11.8 Å². The number of hydrogen-bond acceptors (Lipinski definition) is 4. The maximum absolute atomic E-state index is 14.5. The third kappa shape index (κ3) is 2.29. The zero-order valence-electron chi connectivity index (χ0n) is 13.1. The quantitative estimate of drug-likeness (QED) is 0.878. The Balaban J connectivity index is 1.52. The molecule has 128 valence electrons. The molecular formula is C16H18FN3O4. The Bertz CT molecular complexity index is 703. The Hall–Kier alpha value is -2.35. The first-order valence-corrected chi connectivity index (χ1v) is 7.91. The fraction of sp³-hybridized carbons (Fsp3) is 0.500. The Labute approximate surface area is 138 Å². The van der Waals surface area contributed by atoms with E-state index in [9.17, 15) is 14.0 Å². The second kappa shape index (κ2) is 5.34. The van der Waals surface area contributed by atoms with Gasteiger partial charge in [0.2, 0.25) is 0 Å². The van der Waals surface area contributed by atoms with Crippen molar-refractivity contribution < 1.29 is 23.8 Å². The van der Waals surface area contributed by atoms with Crippen molar-refractivity contribution in [3.63, 3.8) is 0 Å². The lowest BCUT2D eigenvalue weighted by atomic mass is 10.1. The normalized spacial score (nSPS) is 30.9. The highest BCUT2D eigenvalue weighted by Gasteiger charge is 2.54. The molecule has 1 unspecified atom stereocenters. The highest BCUT2D eigenvalue weighted by Crippen LogP contribution is 2.56. The van der Waals surface area contributed by atoms with E-state index >= 15 is 0 Å². The molecule has 0 aromatic heterocycles. The van der Waals surface area contributed by atoms with E-state index in [1.807, 2.05) is 0 Å². The number of nitrogens with one attached hydrogen (secondary N) is 1. The lowest BCUT2D eigenvalue weighted by Crippen LogP contribution is -2.38. The number of likely N-dealkylation sites (N-methyl/N-ethyl adjacent to an activating group) is 1. The number of fused-ring (bicyclic) bond motifs is 1. The Morgan fingerprint density at radius 1 is 1.42 bits per heavy atom. The third-order valence-corrected chi connectivity index (χ3v) is 5.28. The zero-order chi connectivity index (χ0) is 17.0. The number of amides is 2. The number of benzene rings is 1. The summed E-state index contributed by atoms with van der Waals surface area (Å²) in [5.41, 5.74) is 1.08. The molecule has 0 spiro atoms. The van der Waals surface area contributed by atoms with E-state index in [-0.39, 0.29) is 18.3 Å². The van der Waals surface area contributed by atoms with Crippen LogP contribution in [0, 0.1) is 17.7 Å². The first kappa shape index (κ1) is 15.2. The van der Waals surface area contributed by atoms with Crippen molar-refractivity contribution >= 4 is 17.9 Å². The first-order valence-electron chi connectivity index (χ1n) is 7.91. The van der Waals surface area contributed by atoms with Crippen LogP contribution in [0.25, 0.3) is 0 Å². The second-order valence-corrected chi connectivity index (χ2v) is 6.56. The molecule has 3 fully saturated rings. The molecule has 1 saturated carbocycles. The number of anilines is 1. The van der Waals surface area contributed by atoms with Crippen LogP contribution in [0.15, 0.2) is 18.2 Å². The predicted octanol–water partition coefficient (Wildman–Crippen LogP) is 1.65. The van der Waals surface area contributed by atoms with Gasteiger partial charge in [0.1, 0.15) is 5.82 Å². The average molecular weight is 335 g/mol. The van der Waals surface area contributed by atoms with Crippen molar-refractivity contribution in [1.29, 1.82) is 0 Å². The molecule has 2 heterocycles. The Morgan fingerprint density at radius 2 is 2.12 bits per heavy atom. The number of cyclic esters (lactones) is 1. The Morgan fingerprint density at radius 3 is 2.75 bits per heavy atom. The molecule has 4 atom stereocenters. The highest BCUT2D eigenvalue weighted by atomic mass is 19.1. The van der Waals surface area contributed by atoms with E-state index in [1.54, 1.807) is 12.1 Å². The minimum absolute atomic E-state index is 0.0407. The summed E-state index contributed by atoms with van der Waals surface area (Å²) in [6.45, 7) is 1.90. The van der Waals surface area contributed by atoms with E-state index in [0.29, 0.717) is 23.1 Å². The fourth-order valence-corrected chi connectivity index (χ4v) is 3.82. The second-order valence-electron chi connectivity index (χ2n) is 6.56. The van der Waals surface area contributed by atoms with Crippen LogP contribution in [0.1, 0.15) is 11.5 Å². The van der Waals surface area contributed by atoms with Crippen molar-refractivity contribution in [1.82, 2.24) is 10.2 Å². The van der Waals surface area contributed by atoms with Gasteiger partial charge in [0, 0.05) is 7.05 Å². The van der Waals surface area contributed by atoms with Crippen LogP contribution >= 0.6 is 0 Å². The molecule has 2 aliphatic heterocycles. The minimum Gasteiger partial charge on any atom is -0.465 e. The summed E-state index contributed by atoms with van der Waals surface area (Å²) < 4.78 is 19.6. The number of ether oxygens (including phenoxy) is 1. The number of halogens is 1. The standard InChI is InChI=1S/C16H18FN3O4/c1-19(15(21)22)13-7-20(16(23)24-13)8-2-3-9(12(17)4-8)14-10-5-18-6-11(10)14/h2-4,10-11,13-14,18H,5-7H2,1H3,(H,21,22)/t10-,11+,13-,14?/m0/s1. The van der Waals surface area contributed by atoms with E-state index in [0.717, 1.165) is 18.0 Å². The van der Waals surface area contributed by atoms with Crippen molar-refractivity contribution in [2.45, 2.75) is 12.1 Å². The molecule has 0 radical (unpaired) electrons. The van der Waals surface area contributed by atoms with Crippen molar-refractivity contribution in [3.05, 3.63) is 29.6 Å². The van der Waals surface area contributed by atoms with Crippen LogP contribution in [0.2, 0.25) is 0 Å². The van der Waals surface area contributed by atoms with Crippen LogP contribution in [0.4, 0.5) is 19.7 Å². The minimum atomic E-state index is -1.19. The topological polar surface area (TPSA) is 82.1 Å². The van der Waals surface area contributed by atoms with Gasteiger partial charge in [-0.3, -0.25) is 9.80 Å². The van der Waals surface area contributed by atoms with E-state index in [1.165, 1.54) is 18.0 Å². The van der Waals surface area contributed by atoms with Crippen LogP contribution in [0.5, 0.6) is 0 Å². The number of carbonyl (C=O) groups excluding carboxylic acids is 1. The van der Waals surface area contributed by atoms with Crippen molar-refractivity contribution in [2.75, 3.05) is 31.6 Å². The highest BCUT2D eigenvalue weighted by molar-refractivity contribution is 5.90. The van der Waals surface area contributed by atoms with Gasteiger partial charge in [-0.1, -0.05) is 6.07 Å². The largest absolute Gasteiger partial charge is 0.465 e. The maximum atomic E-state index is 14.5. The number of rotatable bonds is 3. The maximum Gasteiger partial charge on any atom is 0.416 e. The van der Waals surface area contributed by atoms with E-state index in [2.05, 4.69) is 5.32 Å². The molecule has 1 aromatic rings. The molecule has 0 bridgehead atoms. The molecule has 4 rings (SSSR count). The van der Waals surface area contributed by atoms with Gasteiger partial charge in [-0.05, 0) is 48.5 Å². The van der Waals surface area contributed by atoms with Gasteiger partial charge in [-0.25, -0.2) is 14.0 Å². The van der Waals surface area contributed by atoms with E-state index < -0.39 is 18.4 Å². The van der Waals surface area contributed by atoms with Crippen LogP contribution in [0.3, 0.4) is 0 Å². The van der Waals surface area contributed by atoms with Gasteiger partial charge in [0.25, 0.3) is 0 Å². The lowest BCUT2D eigenvalue weighted by molar-refractivity contribution is 0.0415. The molecule has 2 amide bonds. The summed E-state index contributed by atoms with van der Waals surface area (Å²) in [6, 6.07) is 4.76. The van der Waals surface area contributed by atoms with Gasteiger partial charge < -0.3 is 15.2 Å². The number of carbonyl (C=O) groups is 2. The molecule has 7 nitrogen and oxygen atoms in total. The summed E-state index contributed by atoms with van der Waals surface area (Å²) in [7, 11) is 1.33. The molecule has 8 heteroatoms. The average Bonchev–Trinajstić information content (AvgIpc) is 2.89. The van der Waals surface area contributed by atoms with Crippen LogP contribution < -0.4 is 10.2 Å². The Kier molecular flexibility index (Phi) is 3.38. The number of piperidine rings is 1. The van der Waals surface area contributed by atoms with Gasteiger partial charge >= 0.3 is 12.2 Å². The van der Waals surface area contributed by atoms with E-state index in [4.69, 9.17) is 9.84 Å². The van der Waals surface area contributed by atoms with Gasteiger partial charge in [-0.15, -0.1) is 0 Å². The molecule has 24 heavy (non-hydrogen) atoms. The number of nitrogens with zero attached hydrogens (tertiary/aromatic N) is 2. The fourth-order valence-electron chi connectivity index (χ4n) is 3.82. The van der Waals surface area contributed by atoms with Crippen LogP contribution in [-0.2, 0) is 4.74 Å². The smallest absolute Gasteiger partial charge is 0.416 e. The van der Waals surface area contributed by atoms with Crippen LogP contribution in [-0.4, -0.2) is 55.1 Å². The molecule has 1 aliphatic carbocycles.